The second kappa shape index (κ2) is 6.96. The third kappa shape index (κ3) is 3.88. The number of ether oxygens (including phenoxy) is 1. The van der Waals surface area contributed by atoms with Crippen molar-refractivity contribution in [1.29, 1.82) is 0 Å². The van der Waals surface area contributed by atoms with E-state index in [0.29, 0.717) is 22.4 Å². The van der Waals surface area contributed by atoms with Crippen molar-refractivity contribution in [1.82, 2.24) is 4.90 Å². The molecule has 1 saturated heterocycles. The molecular weight excluding hydrogens is 321 g/mol. The Kier molecular flexibility index (Phi) is 5.18. The standard InChI is InChI=1S/C17H23Cl2NO2/c18-15-6-5-14(11-16(15)19)22-12-17(21)7-9-20(10-8-17)13-3-1-2-4-13/h5-6,11,13,21H,1-4,7-10,12H2. The molecule has 3 rings (SSSR count). The van der Waals surface area contributed by atoms with Crippen molar-refractivity contribution in [2.75, 3.05) is 19.7 Å². The number of nitrogens with zero attached hydrogens (tertiary/aromatic N) is 1. The number of rotatable bonds is 4. The van der Waals surface area contributed by atoms with Crippen LogP contribution in [0.25, 0.3) is 0 Å². The summed E-state index contributed by atoms with van der Waals surface area (Å²) >= 11 is 11.9. The Balaban J connectivity index is 1.51. The molecule has 2 fully saturated rings. The Morgan fingerprint density at radius 3 is 2.45 bits per heavy atom. The van der Waals surface area contributed by atoms with Gasteiger partial charge in [-0.3, -0.25) is 0 Å². The number of halogens is 2. The van der Waals surface area contributed by atoms with Crippen LogP contribution in [0, 0.1) is 0 Å². The lowest BCUT2D eigenvalue weighted by Crippen LogP contribution is -2.50. The number of hydrogen-bond acceptors (Lipinski definition) is 3. The van der Waals surface area contributed by atoms with Crippen LogP contribution in [0.3, 0.4) is 0 Å². The number of benzene rings is 1. The summed E-state index contributed by atoms with van der Waals surface area (Å²) in [6, 6.07) is 5.93. The predicted molar refractivity (Wildman–Crippen MR) is 90.0 cm³/mol. The van der Waals surface area contributed by atoms with Gasteiger partial charge in [-0.25, -0.2) is 0 Å². The molecule has 1 heterocycles. The topological polar surface area (TPSA) is 32.7 Å². The van der Waals surface area contributed by atoms with Crippen LogP contribution in [0.15, 0.2) is 18.2 Å². The van der Waals surface area contributed by atoms with Gasteiger partial charge in [-0.1, -0.05) is 36.0 Å². The highest BCUT2D eigenvalue weighted by Gasteiger charge is 2.35. The summed E-state index contributed by atoms with van der Waals surface area (Å²) in [6.45, 7) is 2.24. The molecule has 2 aliphatic rings. The van der Waals surface area contributed by atoms with Crippen LogP contribution in [0.4, 0.5) is 0 Å². The maximum absolute atomic E-state index is 10.7. The van der Waals surface area contributed by atoms with Crippen LogP contribution in [-0.4, -0.2) is 41.3 Å². The molecule has 0 amide bonds. The molecule has 22 heavy (non-hydrogen) atoms. The first-order valence-corrected chi connectivity index (χ1v) is 8.86. The molecule has 0 spiro atoms. The average molecular weight is 344 g/mol. The Bertz CT molecular complexity index is 509. The van der Waals surface area contributed by atoms with Crippen LogP contribution in [-0.2, 0) is 0 Å². The van der Waals surface area contributed by atoms with Crippen molar-refractivity contribution in [2.45, 2.75) is 50.2 Å². The molecule has 0 atom stereocenters. The molecule has 1 aliphatic carbocycles. The van der Waals surface area contributed by atoms with E-state index in [9.17, 15) is 5.11 Å². The highest BCUT2D eigenvalue weighted by Crippen LogP contribution is 2.31. The van der Waals surface area contributed by atoms with Gasteiger partial charge in [-0.05, 0) is 37.8 Å². The number of aliphatic hydroxyl groups is 1. The minimum atomic E-state index is -0.735. The fourth-order valence-corrected chi connectivity index (χ4v) is 3.79. The molecule has 122 valence electrons. The van der Waals surface area contributed by atoms with E-state index >= 15 is 0 Å². The molecule has 3 nitrogen and oxygen atoms in total. The highest BCUT2D eigenvalue weighted by atomic mass is 35.5. The molecule has 0 bridgehead atoms. The van der Waals surface area contributed by atoms with E-state index in [1.807, 2.05) is 0 Å². The van der Waals surface area contributed by atoms with Crippen molar-refractivity contribution >= 4 is 23.2 Å². The molecule has 5 heteroatoms. The first-order valence-electron chi connectivity index (χ1n) is 8.10. The fourth-order valence-electron chi connectivity index (χ4n) is 3.50. The van der Waals surface area contributed by atoms with Crippen molar-refractivity contribution in [3.8, 4) is 5.75 Å². The van der Waals surface area contributed by atoms with Gasteiger partial charge < -0.3 is 14.7 Å². The molecular formula is C17H23Cl2NO2. The van der Waals surface area contributed by atoms with Gasteiger partial charge in [0, 0.05) is 25.2 Å². The normalized spacial score (nSPS) is 22.9. The van der Waals surface area contributed by atoms with Crippen molar-refractivity contribution < 1.29 is 9.84 Å². The van der Waals surface area contributed by atoms with Gasteiger partial charge in [0.25, 0.3) is 0 Å². The Hall–Kier alpha value is -0.480. The van der Waals surface area contributed by atoms with Crippen LogP contribution in [0.2, 0.25) is 10.0 Å². The van der Waals surface area contributed by atoms with Gasteiger partial charge in [-0.2, -0.15) is 0 Å². The third-order valence-corrected chi connectivity index (χ3v) is 5.71. The Morgan fingerprint density at radius 2 is 1.82 bits per heavy atom. The Morgan fingerprint density at radius 1 is 1.14 bits per heavy atom. The maximum atomic E-state index is 10.7. The zero-order valence-electron chi connectivity index (χ0n) is 12.7. The Labute approximate surface area is 142 Å². The van der Waals surface area contributed by atoms with Crippen LogP contribution < -0.4 is 4.74 Å². The van der Waals surface area contributed by atoms with Gasteiger partial charge in [0.05, 0.1) is 10.0 Å². The van der Waals surface area contributed by atoms with E-state index < -0.39 is 5.60 Å². The lowest BCUT2D eigenvalue weighted by atomic mass is 9.91. The van der Waals surface area contributed by atoms with Gasteiger partial charge in [-0.15, -0.1) is 0 Å². The first-order chi connectivity index (χ1) is 10.6. The lowest BCUT2D eigenvalue weighted by molar-refractivity contribution is -0.0589. The van der Waals surface area contributed by atoms with E-state index in [-0.39, 0.29) is 0 Å². The second-order valence-electron chi connectivity index (χ2n) is 6.56. The SMILES string of the molecule is OC1(COc2ccc(Cl)c(Cl)c2)CCN(C2CCCC2)CC1. The molecule has 0 aromatic heterocycles. The van der Waals surface area contributed by atoms with Gasteiger partial charge in [0.1, 0.15) is 18.0 Å². The minimum absolute atomic E-state index is 0.309. The lowest BCUT2D eigenvalue weighted by Gasteiger charge is -2.40. The molecule has 1 aliphatic heterocycles. The second-order valence-corrected chi connectivity index (χ2v) is 7.38. The predicted octanol–water partition coefficient (Wildman–Crippen LogP) is 4.14. The van der Waals surface area contributed by atoms with Gasteiger partial charge in [0.2, 0.25) is 0 Å². The number of hydrogen-bond donors (Lipinski definition) is 1. The summed E-state index contributed by atoms with van der Waals surface area (Å²) < 4.78 is 5.73. The van der Waals surface area contributed by atoms with Gasteiger partial charge in [0.15, 0.2) is 0 Å². The summed E-state index contributed by atoms with van der Waals surface area (Å²) in [4.78, 5) is 2.54. The highest BCUT2D eigenvalue weighted by molar-refractivity contribution is 6.42. The zero-order chi connectivity index (χ0) is 15.6. The first kappa shape index (κ1) is 16.4. The smallest absolute Gasteiger partial charge is 0.121 e. The van der Waals surface area contributed by atoms with E-state index in [4.69, 9.17) is 27.9 Å². The molecule has 1 saturated carbocycles. The van der Waals surface area contributed by atoms with E-state index in [0.717, 1.165) is 32.0 Å². The minimum Gasteiger partial charge on any atom is -0.491 e. The van der Waals surface area contributed by atoms with E-state index in [2.05, 4.69) is 4.90 Å². The summed E-state index contributed by atoms with van der Waals surface area (Å²) in [5.74, 6) is 0.654. The number of piperidine rings is 1. The van der Waals surface area contributed by atoms with Crippen molar-refractivity contribution in [3.63, 3.8) is 0 Å². The maximum Gasteiger partial charge on any atom is 0.121 e. The monoisotopic (exact) mass is 343 g/mol. The summed E-state index contributed by atoms with van der Waals surface area (Å²) in [7, 11) is 0. The molecule has 1 aromatic carbocycles. The molecule has 0 unspecified atom stereocenters. The molecule has 0 radical (unpaired) electrons. The summed E-state index contributed by atoms with van der Waals surface area (Å²) in [5, 5.41) is 11.7. The summed E-state index contributed by atoms with van der Waals surface area (Å²) in [6.07, 6.45) is 6.88. The van der Waals surface area contributed by atoms with Crippen molar-refractivity contribution in [3.05, 3.63) is 28.2 Å². The largest absolute Gasteiger partial charge is 0.491 e. The molecule has 1 N–H and O–H groups in total. The average Bonchev–Trinajstić information content (AvgIpc) is 3.04. The quantitative estimate of drug-likeness (QED) is 0.891. The number of likely N-dealkylation sites (tertiary alicyclic amines) is 1. The van der Waals surface area contributed by atoms with Crippen LogP contribution >= 0.6 is 23.2 Å². The fraction of sp³-hybridized carbons (Fsp3) is 0.647. The van der Waals surface area contributed by atoms with E-state index in [1.165, 1.54) is 25.7 Å². The van der Waals surface area contributed by atoms with Crippen LogP contribution in [0.5, 0.6) is 5.75 Å². The zero-order valence-corrected chi connectivity index (χ0v) is 14.2. The van der Waals surface area contributed by atoms with E-state index in [1.54, 1.807) is 18.2 Å². The van der Waals surface area contributed by atoms with Crippen LogP contribution in [0.1, 0.15) is 38.5 Å². The summed E-state index contributed by atoms with van der Waals surface area (Å²) in [5.41, 5.74) is -0.735. The van der Waals surface area contributed by atoms with Crippen molar-refractivity contribution in [2.24, 2.45) is 0 Å². The molecule has 1 aromatic rings. The third-order valence-electron chi connectivity index (χ3n) is 4.97. The van der Waals surface area contributed by atoms with Gasteiger partial charge >= 0.3 is 0 Å².